The van der Waals surface area contributed by atoms with Crippen molar-refractivity contribution in [1.29, 1.82) is 0 Å². The third-order valence-electron chi connectivity index (χ3n) is 1.72. The van der Waals surface area contributed by atoms with Gasteiger partial charge >= 0.3 is 0 Å². The van der Waals surface area contributed by atoms with E-state index in [1.165, 1.54) is 6.07 Å². The van der Waals surface area contributed by atoms with Crippen LogP contribution in [0.15, 0.2) is 33.6 Å². The normalized spacial score (nSPS) is 13.8. The Morgan fingerprint density at radius 3 is 2.60 bits per heavy atom. The van der Waals surface area contributed by atoms with Crippen LogP contribution in [0.25, 0.3) is 0 Å². The lowest BCUT2D eigenvalue weighted by atomic mass is 10.4. The lowest BCUT2D eigenvalue weighted by Crippen LogP contribution is -2.35. The molecule has 0 bridgehead atoms. The summed E-state index contributed by atoms with van der Waals surface area (Å²) in [6.45, 7) is 1.96. The Labute approximate surface area is 98.0 Å². The molecule has 1 atom stereocenters. The Bertz CT molecular complexity index is 431. The summed E-state index contributed by atoms with van der Waals surface area (Å²) in [7, 11) is -3.46. The van der Waals surface area contributed by atoms with Gasteiger partial charge < -0.3 is 5.73 Å². The molecule has 0 spiro atoms. The molecule has 1 rings (SSSR count). The summed E-state index contributed by atoms with van der Waals surface area (Å²) in [5.41, 5.74) is 5.48. The maximum atomic E-state index is 11.8. The van der Waals surface area contributed by atoms with Gasteiger partial charge in [-0.1, -0.05) is 12.1 Å². The minimum absolute atomic E-state index is 0.206. The number of nitrogens with two attached hydrogens (primary N) is 1. The Kier molecular flexibility index (Phi) is 4.27. The summed E-state index contributed by atoms with van der Waals surface area (Å²) in [5.74, 6) is 0. The van der Waals surface area contributed by atoms with Crippen LogP contribution in [0.4, 0.5) is 0 Å². The lowest BCUT2D eigenvalue weighted by molar-refractivity contribution is 0.573. The first-order valence-electron chi connectivity index (χ1n) is 4.43. The van der Waals surface area contributed by atoms with Crippen LogP contribution in [0, 0.1) is 0 Å². The zero-order chi connectivity index (χ0) is 11.5. The second-order valence-corrected chi connectivity index (χ2v) is 5.85. The van der Waals surface area contributed by atoms with Crippen molar-refractivity contribution < 1.29 is 8.42 Å². The van der Waals surface area contributed by atoms with Gasteiger partial charge in [-0.2, -0.15) is 0 Å². The molecule has 1 aromatic carbocycles. The molecular weight excluding hydrogens is 280 g/mol. The van der Waals surface area contributed by atoms with Gasteiger partial charge in [-0.3, -0.25) is 0 Å². The molecule has 84 valence electrons. The summed E-state index contributed by atoms with van der Waals surface area (Å²) >= 11 is 3.19. The molecule has 0 amide bonds. The van der Waals surface area contributed by atoms with E-state index in [1.54, 1.807) is 25.1 Å². The molecule has 0 aliphatic carbocycles. The third-order valence-corrected chi connectivity index (χ3v) is 4.16. The molecule has 0 radical (unpaired) electrons. The highest BCUT2D eigenvalue weighted by Gasteiger charge is 2.16. The molecule has 4 nitrogen and oxygen atoms in total. The first-order valence-corrected chi connectivity index (χ1v) is 6.71. The Morgan fingerprint density at radius 1 is 1.47 bits per heavy atom. The van der Waals surface area contributed by atoms with Crippen molar-refractivity contribution in [1.82, 2.24) is 4.72 Å². The van der Waals surface area contributed by atoms with Crippen LogP contribution in [0.2, 0.25) is 0 Å². The van der Waals surface area contributed by atoms with Gasteiger partial charge in [0.25, 0.3) is 0 Å². The Balaban J connectivity index is 2.92. The average Bonchev–Trinajstić information content (AvgIpc) is 2.15. The zero-order valence-corrected chi connectivity index (χ0v) is 10.7. The van der Waals surface area contributed by atoms with Crippen molar-refractivity contribution in [2.24, 2.45) is 5.73 Å². The fourth-order valence-electron chi connectivity index (χ4n) is 0.982. The third kappa shape index (κ3) is 3.57. The van der Waals surface area contributed by atoms with E-state index in [2.05, 4.69) is 20.7 Å². The van der Waals surface area contributed by atoms with Crippen LogP contribution in [-0.4, -0.2) is 21.0 Å². The van der Waals surface area contributed by atoms with Crippen molar-refractivity contribution in [2.45, 2.75) is 17.9 Å². The number of rotatable bonds is 4. The molecule has 0 heterocycles. The zero-order valence-electron chi connectivity index (χ0n) is 8.27. The summed E-state index contributed by atoms with van der Waals surface area (Å²) in [6, 6.07) is 6.44. The maximum Gasteiger partial charge on any atom is 0.241 e. The highest BCUT2D eigenvalue weighted by atomic mass is 79.9. The number of nitrogens with one attached hydrogen (secondary N) is 1. The standard InChI is InChI=1S/C9H13BrN2O2S/c1-7(11)6-12-15(13,14)9-5-3-2-4-8(9)10/h2-5,7,12H,6,11H2,1H3. The maximum absolute atomic E-state index is 11.8. The number of halogens is 1. The van der Waals surface area contributed by atoms with E-state index in [0.717, 1.165) is 0 Å². The molecule has 0 aromatic heterocycles. The van der Waals surface area contributed by atoms with E-state index in [0.29, 0.717) is 4.47 Å². The number of hydrogen-bond donors (Lipinski definition) is 2. The number of benzene rings is 1. The number of sulfonamides is 1. The second-order valence-electron chi connectivity index (χ2n) is 3.26. The van der Waals surface area contributed by atoms with E-state index in [1.807, 2.05) is 0 Å². The van der Waals surface area contributed by atoms with Gasteiger partial charge in [-0.25, -0.2) is 13.1 Å². The highest BCUT2D eigenvalue weighted by molar-refractivity contribution is 9.10. The molecule has 0 aliphatic heterocycles. The van der Waals surface area contributed by atoms with Crippen LogP contribution in [0.1, 0.15) is 6.92 Å². The highest BCUT2D eigenvalue weighted by Crippen LogP contribution is 2.20. The second kappa shape index (κ2) is 5.07. The molecule has 1 aromatic rings. The van der Waals surface area contributed by atoms with E-state index in [4.69, 9.17) is 5.73 Å². The molecule has 3 N–H and O–H groups in total. The molecule has 0 saturated heterocycles. The van der Waals surface area contributed by atoms with Gasteiger partial charge in [0.15, 0.2) is 0 Å². The molecular formula is C9H13BrN2O2S. The van der Waals surface area contributed by atoms with Crippen molar-refractivity contribution in [2.75, 3.05) is 6.54 Å². The molecule has 0 aliphatic rings. The molecule has 1 unspecified atom stereocenters. The summed E-state index contributed by atoms with van der Waals surface area (Å²) in [4.78, 5) is 0.227. The largest absolute Gasteiger partial charge is 0.327 e. The van der Waals surface area contributed by atoms with Crippen molar-refractivity contribution in [3.05, 3.63) is 28.7 Å². The fraction of sp³-hybridized carbons (Fsp3) is 0.333. The van der Waals surface area contributed by atoms with E-state index >= 15 is 0 Å². The van der Waals surface area contributed by atoms with Gasteiger partial charge in [0.2, 0.25) is 10.0 Å². The predicted molar refractivity (Wildman–Crippen MR) is 63.0 cm³/mol. The predicted octanol–water partition coefficient (Wildman–Crippen LogP) is 1.07. The van der Waals surface area contributed by atoms with E-state index in [-0.39, 0.29) is 17.5 Å². The Morgan fingerprint density at radius 2 is 2.07 bits per heavy atom. The van der Waals surface area contributed by atoms with Gasteiger partial charge in [0.05, 0.1) is 4.90 Å². The van der Waals surface area contributed by atoms with Crippen LogP contribution in [0.5, 0.6) is 0 Å². The average molecular weight is 293 g/mol. The Hall–Kier alpha value is -0.430. The van der Waals surface area contributed by atoms with Crippen LogP contribution < -0.4 is 10.5 Å². The smallest absolute Gasteiger partial charge is 0.241 e. The SMILES string of the molecule is CC(N)CNS(=O)(=O)c1ccccc1Br. The van der Waals surface area contributed by atoms with Crippen molar-refractivity contribution in [3.63, 3.8) is 0 Å². The summed E-state index contributed by atoms with van der Waals surface area (Å²) in [5, 5.41) is 0. The molecule has 0 fully saturated rings. The monoisotopic (exact) mass is 292 g/mol. The van der Waals surface area contributed by atoms with Crippen molar-refractivity contribution in [3.8, 4) is 0 Å². The number of hydrogen-bond acceptors (Lipinski definition) is 3. The van der Waals surface area contributed by atoms with Gasteiger partial charge in [-0.05, 0) is 35.0 Å². The van der Waals surface area contributed by atoms with Crippen molar-refractivity contribution >= 4 is 26.0 Å². The molecule has 6 heteroatoms. The summed E-state index contributed by atoms with van der Waals surface area (Å²) in [6.07, 6.45) is 0. The first-order chi connectivity index (χ1) is 6.93. The lowest BCUT2D eigenvalue weighted by Gasteiger charge is -2.09. The van der Waals surface area contributed by atoms with Crippen LogP contribution >= 0.6 is 15.9 Å². The minimum Gasteiger partial charge on any atom is -0.327 e. The molecule has 15 heavy (non-hydrogen) atoms. The van der Waals surface area contributed by atoms with Gasteiger partial charge in [-0.15, -0.1) is 0 Å². The fourth-order valence-corrected chi connectivity index (χ4v) is 3.13. The van der Waals surface area contributed by atoms with E-state index < -0.39 is 10.0 Å². The van der Waals surface area contributed by atoms with Crippen LogP contribution in [0.3, 0.4) is 0 Å². The topological polar surface area (TPSA) is 72.2 Å². The molecule has 0 saturated carbocycles. The van der Waals surface area contributed by atoms with Crippen LogP contribution in [-0.2, 0) is 10.0 Å². The van der Waals surface area contributed by atoms with Gasteiger partial charge in [0.1, 0.15) is 0 Å². The van der Waals surface area contributed by atoms with E-state index in [9.17, 15) is 8.42 Å². The summed E-state index contributed by atoms with van der Waals surface area (Å²) < 4.78 is 26.5. The minimum atomic E-state index is -3.46. The van der Waals surface area contributed by atoms with Gasteiger partial charge in [0, 0.05) is 17.1 Å². The quantitative estimate of drug-likeness (QED) is 0.872. The first kappa shape index (κ1) is 12.6.